The summed E-state index contributed by atoms with van der Waals surface area (Å²) in [5, 5.41) is 13.7. The third kappa shape index (κ3) is 3.93. The summed E-state index contributed by atoms with van der Waals surface area (Å²) >= 11 is 0. The van der Waals surface area contributed by atoms with Gasteiger partial charge in [-0.3, -0.25) is 4.79 Å². The van der Waals surface area contributed by atoms with Gasteiger partial charge in [0.2, 0.25) is 0 Å². The molecule has 1 atom stereocenters. The van der Waals surface area contributed by atoms with Crippen LogP contribution in [-0.4, -0.2) is 38.3 Å². The number of fused-ring (bicyclic) bond motifs is 2. The van der Waals surface area contributed by atoms with Gasteiger partial charge in [-0.25, -0.2) is 4.68 Å². The molecule has 0 unspecified atom stereocenters. The number of para-hydroxylation sites is 1. The molecule has 0 spiro atoms. The standard InChI is InChI=1S/C26H30N6O2/c1-5-34-19-12-13-21-18(15-19)16-20(25(33)27-21)23(24-28-29-30-32(24)26(2,3)4)31-14-8-10-17-9-6-7-11-22(17)31/h6-7,9,11-13,15-16,23H,5,8,10,14H2,1-4H3,(H,27,33)/t23-/m1/s1. The summed E-state index contributed by atoms with van der Waals surface area (Å²) < 4.78 is 7.53. The summed E-state index contributed by atoms with van der Waals surface area (Å²) in [5.74, 6) is 1.42. The molecule has 0 aliphatic carbocycles. The molecular formula is C26H30N6O2. The van der Waals surface area contributed by atoms with E-state index in [1.165, 1.54) is 5.56 Å². The molecule has 176 valence electrons. The molecule has 1 N–H and O–H groups in total. The van der Waals surface area contributed by atoms with Crippen molar-refractivity contribution in [3.05, 3.63) is 75.8 Å². The van der Waals surface area contributed by atoms with Crippen molar-refractivity contribution >= 4 is 16.6 Å². The zero-order valence-electron chi connectivity index (χ0n) is 20.1. The number of aromatic amines is 1. The van der Waals surface area contributed by atoms with Crippen LogP contribution >= 0.6 is 0 Å². The lowest BCUT2D eigenvalue weighted by molar-refractivity contribution is 0.329. The zero-order valence-corrected chi connectivity index (χ0v) is 20.1. The van der Waals surface area contributed by atoms with Gasteiger partial charge in [0.05, 0.1) is 12.1 Å². The molecule has 1 aliphatic heterocycles. The molecule has 0 fully saturated rings. The summed E-state index contributed by atoms with van der Waals surface area (Å²) in [5.41, 5.74) is 3.27. The topological polar surface area (TPSA) is 88.9 Å². The number of pyridine rings is 1. The third-order valence-corrected chi connectivity index (χ3v) is 6.28. The van der Waals surface area contributed by atoms with Crippen molar-refractivity contribution in [1.29, 1.82) is 0 Å². The molecule has 0 saturated carbocycles. The fourth-order valence-electron chi connectivity index (χ4n) is 4.78. The maximum Gasteiger partial charge on any atom is 0.254 e. The lowest BCUT2D eigenvalue weighted by Gasteiger charge is -2.38. The van der Waals surface area contributed by atoms with Crippen molar-refractivity contribution in [1.82, 2.24) is 25.2 Å². The second kappa shape index (κ2) is 8.59. The van der Waals surface area contributed by atoms with E-state index in [4.69, 9.17) is 4.74 Å². The Morgan fingerprint density at radius 1 is 1.15 bits per heavy atom. The van der Waals surface area contributed by atoms with Crippen LogP contribution in [0.4, 0.5) is 5.69 Å². The normalized spacial score (nSPS) is 14.8. The molecule has 8 nitrogen and oxygen atoms in total. The lowest BCUT2D eigenvalue weighted by Crippen LogP contribution is -2.40. The van der Waals surface area contributed by atoms with Gasteiger partial charge in [-0.05, 0) is 86.9 Å². The van der Waals surface area contributed by atoms with Crippen molar-refractivity contribution in [2.45, 2.75) is 52.1 Å². The number of anilines is 1. The van der Waals surface area contributed by atoms with Gasteiger partial charge in [-0.15, -0.1) is 5.10 Å². The van der Waals surface area contributed by atoms with Gasteiger partial charge >= 0.3 is 0 Å². The molecule has 34 heavy (non-hydrogen) atoms. The Morgan fingerprint density at radius 2 is 1.97 bits per heavy atom. The molecule has 8 heteroatoms. The van der Waals surface area contributed by atoms with E-state index in [9.17, 15) is 4.79 Å². The van der Waals surface area contributed by atoms with Crippen LogP contribution < -0.4 is 15.2 Å². The fraction of sp³-hybridized carbons (Fsp3) is 0.385. The largest absolute Gasteiger partial charge is 0.494 e. The van der Waals surface area contributed by atoms with Crippen molar-refractivity contribution in [2.24, 2.45) is 0 Å². The highest BCUT2D eigenvalue weighted by Crippen LogP contribution is 2.37. The SMILES string of the molecule is CCOc1ccc2[nH]c(=O)c([C@H](c3nnnn3C(C)(C)C)N3CCCc4ccccc43)cc2c1. The maximum atomic E-state index is 13.5. The number of rotatable bonds is 5. The summed E-state index contributed by atoms with van der Waals surface area (Å²) in [6, 6.07) is 15.6. The van der Waals surface area contributed by atoms with E-state index in [1.807, 2.05) is 41.9 Å². The Bertz CT molecular complexity index is 1380. The minimum Gasteiger partial charge on any atom is -0.494 e. The number of benzene rings is 2. The highest BCUT2D eigenvalue weighted by atomic mass is 16.5. The van der Waals surface area contributed by atoms with E-state index in [-0.39, 0.29) is 11.1 Å². The number of hydrogen-bond donors (Lipinski definition) is 1. The fourth-order valence-corrected chi connectivity index (χ4v) is 4.78. The third-order valence-electron chi connectivity index (χ3n) is 6.28. The van der Waals surface area contributed by atoms with E-state index in [1.54, 1.807) is 0 Å². The average Bonchev–Trinajstić information content (AvgIpc) is 3.30. The molecule has 5 rings (SSSR count). The Labute approximate surface area is 198 Å². The monoisotopic (exact) mass is 458 g/mol. The van der Waals surface area contributed by atoms with Crippen molar-refractivity contribution in [3.63, 3.8) is 0 Å². The summed E-state index contributed by atoms with van der Waals surface area (Å²) in [6.45, 7) is 9.52. The first-order chi connectivity index (χ1) is 16.4. The average molecular weight is 459 g/mol. The highest BCUT2D eigenvalue weighted by Gasteiger charge is 2.35. The van der Waals surface area contributed by atoms with Crippen LogP contribution in [0, 0.1) is 0 Å². The number of H-pyrrole nitrogens is 1. The van der Waals surface area contributed by atoms with Gasteiger partial charge < -0.3 is 14.6 Å². The minimum absolute atomic E-state index is 0.145. The number of aromatic nitrogens is 5. The van der Waals surface area contributed by atoms with Gasteiger partial charge in [-0.1, -0.05) is 18.2 Å². The van der Waals surface area contributed by atoms with Gasteiger partial charge in [0.25, 0.3) is 5.56 Å². The quantitative estimate of drug-likeness (QED) is 0.482. The van der Waals surface area contributed by atoms with Crippen LogP contribution in [0.25, 0.3) is 10.9 Å². The van der Waals surface area contributed by atoms with Crippen molar-refractivity contribution in [3.8, 4) is 5.75 Å². The molecular weight excluding hydrogens is 428 g/mol. The van der Waals surface area contributed by atoms with Crippen LogP contribution in [0.15, 0.2) is 53.3 Å². The van der Waals surface area contributed by atoms with Crippen LogP contribution in [0.5, 0.6) is 5.75 Å². The second-order valence-electron chi connectivity index (χ2n) is 9.68. The number of nitrogens with one attached hydrogen (secondary N) is 1. The van der Waals surface area contributed by atoms with Crippen LogP contribution in [0.2, 0.25) is 0 Å². The van der Waals surface area contributed by atoms with Gasteiger partial charge in [0, 0.05) is 28.7 Å². The second-order valence-corrected chi connectivity index (χ2v) is 9.68. The van der Waals surface area contributed by atoms with E-state index in [2.05, 4.69) is 64.4 Å². The van der Waals surface area contributed by atoms with Crippen molar-refractivity contribution in [2.75, 3.05) is 18.1 Å². The maximum absolute atomic E-state index is 13.5. The molecule has 2 aromatic carbocycles. The molecule has 1 aliphatic rings. The van der Waals surface area contributed by atoms with Gasteiger partial charge in [0.1, 0.15) is 11.8 Å². The van der Waals surface area contributed by atoms with Gasteiger partial charge in [-0.2, -0.15) is 0 Å². The van der Waals surface area contributed by atoms with E-state index in [0.717, 1.165) is 41.7 Å². The number of tetrazole rings is 1. The van der Waals surface area contributed by atoms with E-state index in [0.29, 0.717) is 18.0 Å². The predicted octanol–water partition coefficient (Wildman–Crippen LogP) is 4.21. The first-order valence-electron chi connectivity index (χ1n) is 11.8. The number of aryl methyl sites for hydroxylation is 1. The van der Waals surface area contributed by atoms with Crippen LogP contribution in [-0.2, 0) is 12.0 Å². The molecule has 0 amide bonds. The minimum atomic E-state index is -0.445. The zero-order chi connectivity index (χ0) is 23.9. The molecule has 0 radical (unpaired) electrons. The van der Waals surface area contributed by atoms with Crippen LogP contribution in [0.3, 0.4) is 0 Å². The molecule has 0 bridgehead atoms. The molecule has 2 aromatic heterocycles. The van der Waals surface area contributed by atoms with E-state index < -0.39 is 6.04 Å². The molecule has 4 aromatic rings. The Balaban J connectivity index is 1.75. The number of ether oxygens (including phenoxy) is 1. The summed E-state index contributed by atoms with van der Waals surface area (Å²) in [4.78, 5) is 18.9. The Kier molecular flexibility index (Phi) is 5.59. The van der Waals surface area contributed by atoms with Gasteiger partial charge in [0.15, 0.2) is 5.82 Å². The number of hydrogen-bond acceptors (Lipinski definition) is 6. The molecule has 3 heterocycles. The van der Waals surface area contributed by atoms with Crippen molar-refractivity contribution < 1.29 is 4.74 Å². The Hall–Kier alpha value is -3.68. The van der Waals surface area contributed by atoms with E-state index >= 15 is 0 Å². The summed E-state index contributed by atoms with van der Waals surface area (Å²) in [6.07, 6.45) is 2.00. The number of nitrogens with zero attached hydrogens (tertiary/aromatic N) is 5. The lowest BCUT2D eigenvalue weighted by atomic mass is 9.96. The molecule has 0 saturated heterocycles. The predicted molar refractivity (Wildman–Crippen MR) is 133 cm³/mol. The summed E-state index contributed by atoms with van der Waals surface area (Å²) in [7, 11) is 0. The first-order valence-corrected chi connectivity index (χ1v) is 11.8. The smallest absolute Gasteiger partial charge is 0.254 e. The Morgan fingerprint density at radius 3 is 2.76 bits per heavy atom. The first kappa shape index (κ1) is 22.1. The van der Waals surface area contributed by atoms with Crippen LogP contribution in [0.1, 0.15) is 57.1 Å². The highest BCUT2D eigenvalue weighted by molar-refractivity contribution is 5.81.